The van der Waals surface area contributed by atoms with Crippen molar-refractivity contribution < 1.29 is 9.63 Å². The molecule has 17 heavy (non-hydrogen) atoms. The fraction of sp³-hybridized carbons (Fsp3) is 0.250. The fourth-order valence-corrected chi connectivity index (χ4v) is 1.81. The van der Waals surface area contributed by atoms with Crippen LogP contribution in [0.15, 0.2) is 30.5 Å². The van der Waals surface area contributed by atoms with Crippen molar-refractivity contribution in [1.82, 2.24) is 10.5 Å². The van der Waals surface area contributed by atoms with Gasteiger partial charge in [0.05, 0.1) is 13.2 Å². The van der Waals surface area contributed by atoms with Crippen LogP contribution in [0.3, 0.4) is 0 Å². The molecule has 0 radical (unpaired) electrons. The van der Waals surface area contributed by atoms with E-state index in [4.69, 9.17) is 5.73 Å². The number of benzene rings is 1. The zero-order valence-electron chi connectivity index (χ0n) is 9.57. The molecule has 4 N–H and O–H groups in total. The Kier molecular flexibility index (Phi) is 3.41. The second-order valence-electron chi connectivity index (χ2n) is 3.84. The normalized spacial score (nSPS) is 12.6. The number of aromatic amines is 1. The molecule has 5 nitrogen and oxygen atoms in total. The van der Waals surface area contributed by atoms with E-state index in [2.05, 4.69) is 15.3 Å². The van der Waals surface area contributed by atoms with Crippen molar-refractivity contribution >= 4 is 16.8 Å². The van der Waals surface area contributed by atoms with Gasteiger partial charge in [0, 0.05) is 17.1 Å². The van der Waals surface area contributed by atoms with Gasteiger partial charge in [-0.2, -0.15) is 0 Å². The SMILES string of the molecule is CONC(=O)[C@@H](N)Cc1c[nH]c2ccccc12. The number of nitrogens with two attached hydrogens (primary N) is 1. The van der Waals surface area contributed by atoms with Gasteiger partial charge in [0.25, 0.3) is 5.91 Å². The number of aromatic nitrogens is 1. The summed E-state index contributed by atoms with van der Waals surface area (Å²) in [5, 5.41) is 1.09. The van der Waals surface area contributed by atoms with Gasteiger partial charge in [-0.25, -0.2) is 5.48 Å². The highest BCUT2D eigenvalue weighted by Gasteiger charge is 2.15. The van der Waals surface area contributed by atoms with Crippen molar-refractivity contribution in [2.75, 3.05) is 7.11 Å². The minimum atomic E-state index is -0.617. The Hall–Kier alpha value is -1.85. The maximum absolute atomic E-state index is 11.4. The summed E-state index contributed by atoms with van der Waals surface area (Å²) in [7, 11) is 1.39. The van der Waals surface area contributed by atoms with Crippen molar-refractivity contribution in [3.63, 3.8) is 0 Å². The molecule has 2 rings (SSSR count). The fourth-order valence-electron chi connectivity index (χ4n) is 1.81. The molecule has 1 amide bonds. The van der Waals surface area contributed by atoms with Crippen LogP contribution in [-0.4, -0.2) is 24.0 Å². The maximum Gasteiger partial charge on any atom is 0.260 e. The lowest BCUT2D eigenvalue weighted by Crippen LogP contribution is -2.41. The monoisotopic (exact) mass is 233 g/mol. The lowest BCUT2D eigenvalue weighted by atomic mass is 10.1. The van der Waals surface area contributed by atoms with E-state index in [0.717, 1.165) is 16.5 Å². The van der Waals surface area contributed by atoms with Gasteiger partial charge < -0.3 is 10.7 Å². The van der Waals surface area contributed by atoms with E-state index in [9.17, 15) is 4.79 Å². The molecule has 90 valence electrons. The van der Waals surface area contributed by atoms with Crippen LogP contribution in [0.25, 0.3) is 10.9 Å². The van der Waals surface area contributed by atoms with Crippen molar-refractivity contribution in [2.45, 2.75) is 12.5 Å². The van der Waals surface area contributed by atoms with Crippen molar-refractivity contribution in [3.05, 3.63) is 36.0 Å². The van der Waals surface area contributed by atoms with Gasteiger partial charge in [-0.15, -0.1) is 0 Å². The Morgan fingerprint density at radius 2 is 2.29 bits per heavy atom. The first-order chi connectivity index (χ1) is 8.22. The van der Waals surface area contributed by atoms with Gasteiger partial charge in [0.15, 0.2) is 0 Å². The first-order valence-electron chi connectivity index (χ1n) is 5.36. The summed E-state index contributed by atoms with van der Waals surface area (Å²) in [6, 6.07) is 7.29. The number of H-pyrrole nitrogens is 1. The number of nitrogens with one attached hydrogen (secondary N) is 2. The van der Waals surface area contributed by atoms with Gasteiger partial charge in [-0.3, -0.25) is 9.63 Å². The standard InChI is InChI=1S/C12H15N3O2/c1-17-15-12(16)10(13)6-8-7-14-11-5-3-2-4-9(8)11/h2-5,7,10,14H,6,13H2,1H3,(H,15,16)/t10-/m0/s1. The molecule has 1 heterocycles. The van der Waals surface area contributed by atoms with E-state index < -0.39 is 6.04 Å². The molecule has 0 aliphatic carbocycles. The summed E-state index contributed by atoms with van der Waals surface area (Å²) in [6.07, 6.45) is 2.35. The summed E-state index contributed by atoms with van der Waals surface area (Å²) in [5.74, 6) is -0.321. The molecule has 1 atom stereocenters. The van der Waals surface area contributed by atoms with E-state index >= 15 is 0 Å². The minimum Gasteiger partial charge on any atom is -0.361 e. The third kappa shape index (κ3) is 2.46. The van der Waals surface area contributed by atoms with Crippen LogP contribution in [0, 0.1) is 0 Å². The molecule has 0 saturated heterocycles. The van der Waals surface area contributed by atoms with E-state index in [1.165, 1.54) is 7.11 Å². The molecule has 2 aromatic rings. The zero-order valence-corrected chi connectivity index (χ0v) is 9.57. The quantitative estimate of drug-likeness (QED) is 0.680. The largest absolute Gasteiger partial charge is 0.361 e. The molecular formula is C12H15N3O2. The molecule has 1 aromatic carbocycles. The van der Waals surface area contributed by atoms with Crippen molar-refractivity contribution in [2.24, 2.45) is 5.73 Å². The van der Waals surface area contributed by atoms with Crippen molar-refractivity contribution in [3.8, 4) is 0 Å². The zero-order chi connectivity index (χ0) is 12.3. The number of amides is 1. The van der Waals surface area contributed by atoms with Crippen LogP contribution in [0.2, 0.25) is 0 Å². The summed E-state index contributed by atoms with van der Waals surface area (Å²) in [5.41, 5.74) is 10.1. The Labute approximate surface area is 98.9 Å². The highest BCUT2D eigenvalue weighted by Crippen LogP contribution is 2.18. The number of rotatable bonds is 4. The van der Waals surface area contributed by atoms with Crippen LogP contribution >= 0.6 is 0 Å². The smallest absolute Gasteiger partial charge is 0.260 e. The number of para-hydroxylation sites is 1. The summed E-state index contributed by atoms with van der Waals surface area (Å²) < 4.78 is 0. The average molecular weight is 233 g/mol. The number of carbonyl (C=O) groups is 1. The Balaban J connectivity index is 2.16. The lowest BCUT2D eigenvalue weighted by molar-refractivity contribution is -0.132. The third-order valence-corrected chi connectivity index (χ3v) is 2.65. The first-order valence-corrected chi connectivity index (χ1v) is 5.36. The molecule has 0 spiro atoms. The molecule has 0 aliphatic heterocycles. The second-order valence-corrected chi connectivity index (χ2v) is 3.84. The summed E-state index contributed by atoms with van der Waals surface area (Å²) in [4.78, 5) is 19.1. The van der Waals surface area contributed by atoms with Crippen molar-refractivity contribution in [1.29, 1.82) is 0 Å². The van der Waals surface area contributed by atoms with Crippen LogP contribution in [-0.2, 0) is 16.1 Å². The predicted octanol–water partition coefficient (Wildman–Crippen LogP) is 0.715. The maximum atomic E-state index is 11.4. The number of hydroxylamine groups is 1. The molecule has 1 aromatic heterocycles. The number of carbonyl (C=O) groups excluding carboxylic acids is 1. The Bertz CT molecular complexity index is 521. The molecule has 0 saturated carbocycles. The lowest BCUT2D eigenvalue weighted by Gasteiger charge is -2.09. The van der Waals surface area contributed by atoms with Gasteiger partial charge in [0.2, 0.25) is 0 Å². The van der Waals surface area contributed by atoms with E-state index in [1.54, 1.807) is 0 Å². The Morgan fingerprint density at radius 1 is 1.53 bits per heavy atom. The molecule has 5 heteroatoms. The topological polar surface area (TPSA) is 80.1 Å². The predicted molar refractivity (Wildman–Crippen MR) is 65.1 cm³/mol. The summed E-state index contributed by atoms with van der Waals surface area (Å²) in [6.45, 7) is 0. The molecule has 0 fully saturated rings. The van der Waals surface area contributed by atoms with Gasteiger partial charge in [-0.1, -0.05) is 18.2 Å². The van der Waals surface area contributed by atoms with Crippen LogP contribution in [0.5, 0.6) is 0 Å². The Morgan fingerprint density at radius 3 is 3.06 bits per heavy atom. The van der Waals surface area contributed by atoms with Gasteiger partial charge in [0.1, 0.15) is 0 Å². The highest BCUT2D eigenvalue weighted by atomic mass is 16.6. The summed E-state index contributed by atoms with van der Waals surface area (Å²) >= 11 is 0. The molecule has 0 unspecified atom stereocenters. The number of hydrogen-bond donors (Lipinski definition) is 3. The molecule has 0 aliphatic rings. The molecule has 0 bridgehead atoms. The first kappa shape index (κ1) is 11.6. The van der Waals surface area contributed by atoms with E-state index in [1.807, 2.05) is 30.5 Å². The minimum absolute atomic E-state index is 0.321. The van der Waals surface area contributed by atoms with Gasteiger partial charge >= 0.3 is 0 Å². The number of hydrogen-bond acceptors (Lipinski definition) is 3. The molecular weight excluding hydrogens is 218 g/mol. The van der Waals surface area contributed by atoms with Crippen LogP contribution in [0.4, 0.5) is 0 Å². The van der Waals surface area contributed by atoms with Crippen LogP contribution in [0.1, 0.15) is 5.56 Å². The van der Waals surface area contributed by atoms with Crippen LogP contribution < -0.4 is 11.2 Å². The third-order valence-electron chi connectivity index (χ3n) is 2.65. The average Bonchev–Trinajstić information content (AvgIpc) is 2.73. The number of fused-ring (bicyclic) bond motifs is 1. The van der Waals surface area contributed by atoms with E-state index in [-0.39, 0.29) is 5.91 Å². The van der Waals surface area contributed by atoms with E-state index in [0.29, 0.717) is 6.42 Å². The highest BCUT2D eigenvalue weighted by molar-refractivity contribution is 5.85. The second kappa shape index (κ2) is 4.99. The van der Waals surface area contributed by atoms with Gasteiger partial charge in [-0.05, 0) is 18.1 Å².